The van der Waals surface area contributed by atoms with Crippen molar-refractivity contribution in [1.29, 1.82) is 0 Å². The topological polar surface area (TPSA) is 39.7 Å². The fraction of sp³-hybridized carbons (Fsp3) is 0.611. The van der Waals surface area contributed by atoms with Gasteiger partial charge in [-0.3, -0.25) is 9.89 Å². The largest absolute Gasteiger partial charge is 0.355 e. The lowest BCUT2D eigenvalue weighted by atomic mass is 10.1. The molecule has 1 aromatic rings. The van der Waals surface area contributed by atoms with Gasteiger partial charge in [0.2, 0.25) is 0 Å². The third-order valence-corrected chi connectivity index (χ3v) is 5.12. The van der Waals surface area contributed by atoms with Gasteiger partial charge in [-0.1, -0.05) is 6.07 Å². The van der Waals surface area contributed by atoms with Crippen LogP contribution in [-0.2, 0) is 12.3 Å². The lowest BCUT2D eigenvalue weighted by Gasteiger charge is -2.25. The number of hydrogen-bond acceptors (Lipinski definition) is 3. The molecule has 24 heavy (non-hydrogen) atoms. The van der Waals surface area contributed by atoms with Crippen molar-refractivity contribution in [3.63, 3.8) is 0 Å². The van der Waals surface area contributed by atoms with E-state index in [1.807, 2.05) is 12.3 Å². The van der Waals surface area contributed by atoms with Crippen LogP contribution in [-0.4, -0.2) is 49.8 Å². The molecule has 134 valence electrons. The molecule has 4 nitrogen and oxygen atoms in total. The quantitative estimate of drug-likeness (QED) is 0.557. The van der Waals surface area contributed by atoms with Crippen LogP contribution in [0.1, 0.15) is 30.9 Å². The maximum absolute atomic E-state index is 13.4. The van der Waals surface area contributed by atoms with Gasteiger partial charge in [-0.15, -0.1) is 0 Å². The van der Waals surface area contributed by atoms with Crippen LogP contribution in [0.25, 0.3) is 0 Å². The van der Waals surface area contributed by atoms with E-state index in [0.717, 1.165) is 35.4 Å². The highest BCUT2D eigenvalue weighted by molar-refractivity contribution is 7.97. The molecule has 0 amide bonds. The molecular formula is C18H29FN4S. The first kappa shape index (κ1) is 19.1. The van der Waals surface area contributed by atoms with Crippen molar-refractivity contribution < 1.29 is 4.39 Å². The molecule has 6 heteroatoms. The van der Waals surface area contributed by atoms with E-state index < -0.39 is 0 Å². The Bertz CT molecular complexity index is 560. The summed E-state index contributed by atoms with van der Waals surface area (Å²) in [6, 6.07) is 6.21. The summed E-state index contributed by atoms with van der Waals surface area (Å²) in [5.74, 6) is 1.41. The van der Waals surface area contributed by atoms with Gasteiger partial charge >= 0.3 is 0 Å². The van der Waals surface area contributed by atoms with E-state index >= 15 is 0 Å². The predicted octanol–water partition coefficient (Wildman–Crippen LogP) is 2.84. The maximum atomic E-state index is 13.4. The Morgan fingerprint density at radius 1 is 1.38 bits per heavy atom. The van der Waals surface area contributed by atoms with Crippen molar-refractivity contribution in [2.75, 3.05) is 26.9 Å². The molecule has 1 saturated carbocycles. The second-order valence-electron chi connectivity index (χ2n) is 6.40. The molecule has 0 aliphatic heterocycles. The molecule has 1 fully saturated rings. The molecule has 1 aromatic carbocycles. The predicted molar refractivity (Wildman–Crippen MR) is 102 cm³/mol. The molecule has 1 aliphatic rings. The summed E-state index contributed by atoms with van der Waals surface area (Å²) >= 11 is 1.70. The minimum atomic E-state index is -0.178. The van der Waals surface area contributed by atoms with Crippen molar-refractivity contribution in [3.05, 3.63) is 35.1 Å². The third-order valence-electron chi connectivity index (χ3n) is 4.52. The maximum Gasteiger partial charge on any atom is 0.191 e. The fourth-order valence-corrected chi connectivity index (χ4v) is 3.27. The third kappa shape index (κ3) is 5.67. The summed E-state index contributed by atoms with van der Waals surface area (Å²) in [4.78, 5) is 6.71. The Labute approximate surface area is 149 Å². The zero-order chi connectivity index (χ0) is 17.5. The van der Waals surface area contributed by atoms with Gasteiger partial charge in [-0.05, 0) is 56.3 Å². The summed E-state index contributed by atoms with van der Waals surface area (Å²) in [6.45, 7) is 3.73. The number of halogens is 1. The van der Waals surface area contributed by atoms with Crippen molar-refractivity contribution in [3.8, 4) is 0 Å². The van der Waals surface area contributed by atoms with E-state index in [-0.39, 0.29) is 5.82 Å². The Morgan fingerprint density at radius 2 is 2.12 bits per heavy atom. The molecular weight excluding hydrogens is 323 g/mol. The number of nitrogens with zero attached hydrogens (tertiary/aromatic N) is 2. The van der Waals surface area contributed by atoms with Gasteiger partial charge in [0.05, 0.1) is 0 Å². The number of rotatable bonds is 8. The molecule has 0 aromatic heterocycles. The zero-order valence-electron chi connectivity index (χ0n) is 15.1. The Morgan fingerprint density at radius 3 is 2.75 bits per heavy atom. The molecule has 0 saturated heterocycles. The summed E-state index contributed by atoms with van der Waals surface area (Å²) < 4.78 is 13.4. The lowest BCUT2D eigenvalue weighted by molar-refractivity contribution is 0.247. The molecule has 1 unspecified atom stereocenters. The van der Waals surface area contributed by atoms with Gasteiger partial charge in [0, 0.05) is 38.0 Å². The van der Waals surface area contributed by atoms with Crippen LogP contribution >= 0.6 is 11.8 Å². The van der Waals surface area contributed by atoms with Gasteiger partial charge in [0.15, 0.2) is 5.96 Å². The first-order valence-electron chi connectivity index (χ1n) is 8.47. The highest BCUT2D eigenvalue weighted by Crippen LogP contribution is 2.26. The first-order valence-corrected chi connectivity index (χ1v) is 9.87. The van der Waals surface area contributed by atoms with E-state index in [1.165, 1.54) is 18.9 Å². The molecule has 0 bridgehead atoms. The van der Waals surface area contributed by atoms with E-state index in [0.29, 0.717) is 12.6 Å². The highest BCUT2D eigenvalue weighted by Gasteiger charge is 2.28. The fourth-order valence-electron chi connectivity index (χ4n) is 2.69. The Balaban J connectivity index is 1.85. The van der Waals surface area contributed by atoms with E-state index in [1.54, 1.807) is 24.9 Å². The second kappa shape index (κ2) is 9.28. The molecule has 1 aliphatic carbocycles. The number of nitrogens with one attached hydrogen (secondary N) is 2. The first-order chi connectivity index (χ1) is 11.5. The minimum absolute atomic E-state index is 0.178. The SMILES string of the molecule is CN=C(NCc1ccc(F)cc1CSC)NCC(C)N(C)C1CC1. The van der Waals surface area contributed by atoms with Gasteiger partial charge in [-0.2, -0.15) is 11.8 Å². The standard InChI is InChI=1S/C18H29FN4S/c1-13(23(3)17-7-8-17)10-21-18(20-2)22-11-14-5-6-16(19)9-15(14)12-24-4/h5-6,9,13,17H,7-8,10-12H2,1-4H3,(H2,20,21,22). The zero-order valence-corrected chi connectivity index (χ0v) is 15.9. The summed E-state index contributed by atoms with van der Waals surface area (Å²) in [6.07, 6.45) is 4.66. The molecule has 0 spiro atoms. The van der Waals surface area contributed by atoms with Crippen LogP contribution in [0.2, 0.25) is 0 Å². The summed E-state index contributed by atoms with van der Waals surface area (Å²) in [5.41, 5.74) is 2.14. The molecule has 1 atom stereocenters. The summed E-state index contributed by atoms with van der Waals surface area (Å²) in [5, 5.41) is 6.72. The van der Waals surface area contributed by atoms with Gasteiger partial charge in [-0.25, -0.2) is 4.39 Å². The average molecular weight is 353 g/mol. The van der Waals surface area contributed by atoms with Gasteiger partial charge in [0.25, 0.3) is 0 Å². The molecule has 0 heterocycles. The molecule has 2 rings (SSSR count). The normalized spacial score (nSPS) is 16.3. The number of aliphatic imine (C=N–C) groups is 1. The Kier molecular flexibility index (Phi) is 7.37. The number of guanidine groups is 1. The number of thioether (sulfide) groups is 1. The van der Waals surface area contributed by atoms with Crippen molar-refractivity contribution >= 4 is 17.7 Å². The van der Waals surface area contributed by atoms with Crippen LogP contribution in [0.15, 0.2) is 23.2 Å². The summed E-state index contributed by atoms with van der Waals surface area (Å²) in [7, 11) is 3.96. The molecule has 0 radical (unpaired) electrons. The monoisotopic (exact) mass is 352 g/mol. The lowest BCUT2D eigenvalue weighted by Crippen LogP contribution is -2.45. The van der Waals surface area contributed by atoms with Crippen LogP contribution in [0.5, 0.6) is 0 Å². The van der Waals surface area contributed by atoms with E-state index in [9.17, 15) is 4.39 Å². The average Bonchev–Trinajstić information content (AvgIpc) is 3.40. The second-order valence-corrected chi connectivity index (χ2v) is 7.26. The van der Waals surface area contributed by atoms with E-state index in [2.05, 4.69) is 34.5 Å². The van der Waals surface area contributed by atoms with Crippen molar-refractivity contribution in [2.24, 2.45) is 4.99 Å². The van der Waals surface area contributed by atoms with Crippen LogP contribution in [0.4, 0.5) is 4.39 Å². The minimum Gasteiger partial charge on any atom is -0.355 e. The number of benzene rings is 1. The van der Waals surface area contributed by atoms with Crippen molar-refractivity contribution in [2.45, 2.75) is 44.1 Å². The smallest absolute Gasteiger partial charge is 0.191 e. The molecule has 2 N–H and O–H groups in total. The van der Waals surface area contributed by atoms with Gasteiger partial charge < -0.3 is 10.6 Å². The van der Waals surface area contributed by atoms with E-state index in [4.69, 9.17) is 0 Å². The number of likely N-dealkylation sites (N-methyl/N-ethyl adjacent to an activating group) is 1. The van der Waals surface area contributed by atoms with Crippen molar-refractivity contribution in [1.82, 2.24) is 15.5 Å². The Hall–Kier alpha value is -1.27. The van der Waals surface area contributed by atoms with Crippen LogP contribution < -0.4 is 10.6 Å². The highest BCUT2D eigenvalue weighted by atomic mass is 32.2. The number of hydrogen-bond donors (Lipinski definition) is 2. The van der Waals surface area contributed by atoms with Crippen LogP contribution in [0, 0.1) is 5.82 Å². The van der Waals surface area contributed by atoms with Gasteiger partial charge in [0.1, 0.15) is 5.82 Å². The van der Waals surface area contributed by atoms with Crippen LogP contribution in [0.3, 0.4) is 0 Å².